The third kappa shape index (κ3) is 1.91. The van der Waals surface area contributed by atoms with E-state index in [1.165, 1.54) is 0 Å². The lowest BCUT2D eigenvalue weighted by molar-refractivity contribution is 0.672. The second-order valence-corrected chi connectivity index (χ2v) is 3.14. The second kappa shape index (κ2) is 3.13. The molecule has 52 valence electrons. The van der Waals surface area contributed by atoms with Gasteiger partial charge in [-0.1, -0.05) is 6.92 Å². The molecular formula is C6H12N2S. The molecule has 0 saturated heterocycles. The maximum Gasteiger partial charge on any atom is 0.0631 e. The van der Waals surface area contributed by atoms with Gasteiger partial charge in [0.15, 0.2) is 0 Å². The van der Waals surface area contributed by atoms with Gasteiger partial charge in [0.05, 0.1) is 5.03 Å². The standard InChI is InChI=1S/C6H12N2S/c1-2-8-5-3-6(7)9-4-5/h3,5,8H,2,4,7H2,1H3. The predicted molar refractivity (Wildman–Crippen MR) is 42.2 cm³/mol. The van der Waals surface area contributed by atoms with Crippen LogP contribution in [0.1, 0.15) is 6.92 Å². The minimum absolute atomic E-state index is 0.514. The molecule has 1 unspecified atom stereocenters. The van der Waals surface area contributed by atoms with Gasteiger partial charge in [0.2, 0.25) is 0 Å². The summed E-state index contributed by atoms with van der Waals surface area (Å²) in [4.78, 5) is 0. The van der Waals surface area contributed by atoms with Crippen LogP contribution in [0.25, 0.3) is 0 Å². The van der Waals surface area contributed by atoms with Crippen LogP contribution in [0.3, 0.4) is 0 Å². The summed E-state index contributed by atoms with van der Waals surface area (Å²) in [5.41, 5.74) is 5.54. The van der Waals surface area contributed by atoms with Crippen molar-refractivity contribution < 1.29 is 0 Å². The molecule has 1 rings (SSSR count). The topological polar surface area (TPSA) is 38.0 Å². The van der Waals surface area contributed by atoms with Crippen molar-refractivity contribution in [2.24, 2.45) is 5.73 Å². The van der Waals surface area contributed by atoms with E-state index in [4.69, 9.17) is 5.73 Å². The van der Waals surface area contributed by atoms with Gasteiger partial charge in [0.25, 0.3) is 0 Å². The highest BCUT2D eigenvalue weighted by molar-refractivity contribution is 8.03. The van der Waals surface area contributed by atoms with Crippen LogP contribution in [0, 0.1) is 0 Å². The van der Waals surface area contributed by atoms with Crippen molar-refractivity contribution in [3.63, 3.8) is 0 Å². The second-order valence-electron chi connectivity index (χ2n) is 2.04. The minimum Gasteiger partial charge on any atom is -0.394 e. The third-order valence-electron chi connectivity index (χ3n) is 1.26. The summed E-state index contributed by atoms with van der Waals surface area (Å²) in [6.07, 6.45) is 2.08. The van der Waals surface area contributed by atoms with Gasteiger partial charge in [-0.25, -0.2) is 0 Å². The first-order valence-electron chi connectivity index (χ1n) is 3.16. The molecule has 0 saturated carbocycles. The molecule has 0 aromatic rings. The molecule has 0 aromatic heterocycles. The first-order valence-corrected chi connectivity index (χ1v) is 4.15. The molecule has 0 spiro atoms. The lowest BCUT2D eigenvalue weighted by atomic mass is 10.3. The highest BCUT2D eigenvalue weighted by atomic mass is 32.2. The van der Waals surface area contributed by atoms with Gasteiger partial charge in [-0.2, -0.15) is 0 Å². The van der Waals surface area contributed by atoms with Crippen molar-refractivity contribution in [3.05, 3.63) is 11.1 Å². The Morgan fingerprint density at radius 1 is 2.00 bits per heavy atom. The van der Waals surface area contributed by atoms with E-state index in [0.717, 1.165) is 17.3 Å². The van der Waals surface area contributed by atoms with Crippen LogP contribution in [-0.2, 0) is 0 Å². The van der Waals surface area contributed by atoms with Crippen LogP contribution in [0.5, 0.6) is 0 Å². The van der Waals surface area contributed by atoms with Crippen molar-refractivity contribution in [2.75, 3.05) is 12.3 Å². The van der Waals surface area contributed by atoms with Gasteiger partial charge < -0.3 is 11.1 Å². The van der Waals surface area contributed by atoms with E-state index in [2.05, 4.69) is 18.3 Å². The zero-order chi connectivity index (χ0) is 6.69. The van der Waals surface area contributed by atoms with Crippen LogP contribution in [0.2, 0.25) is 0 Å². The summed E-state index contributed by atoms with van der Waals surface area (Å²) in [5, 5.41) is 4.26. The zero-order valence-electron chi connectivity index (χ0n) is 5.55. The molecule has 1 heterocycles. The van der Waals surface area contributed by atoms with E-state index in [1.54, 1.807) is 11.8 Å². The zero-order valence-corrected chi connectivity index (χ0v) is 6.37. The fraction of sp³-hybridized carbons (Fsp3) is 0.667. The van der Waals surface area contributed by atoms with E-state index in [0.29, 0.717) is 6.04 Å². The van der Waals surface area contributed by atoms with E-state index in [1.807, 2.05) is 0 Å². The summed E-state index contributed by atoms with van der Waals surface area (Å²) < 4.78 is 0. The quantitative estimate of drug-likeness (QED) is 0.593. The van der Waals surface area contributed by atoms with Crippen molar-refractivity contribution in [1.29, 1.82) is 0 Å². The molecule has 0 bridgehead atoms. The minimum atomic E-state index is 0.514. The summed E-state index contributed by atoms with van der Waals surface area (Å²) in [6, 6.07) is 0.514. The molecule has 0 aliphatic carbocycles. The molecule has 0 fully saturated rings. The number of rotatable bonds is 2. The molecule has 2 nitrogen and oxygen atoms in total. The average molecular weight is 144 g/mol. The first kappa shape index (κ1) is 6.96. The van der Waals surface area contributed by atoms with Crippen molar-refractivity contribution in [2.45, 2.75) is 13.0 Å². The predicted octanol–water partition coefficient (Wildman–Crippen LogP) is 0.511. The van der Waals surface area contributed by atoms with Crippen molar-refractivity contribution in [1.82, 2.24) is 5.32 Å². The molecule has 0 amide bonds. The van der Waals surface area contributed by atoms with E-state index < -0.39 is 0 Å². The maximum atomic E-state index is 5.54. The summed E-state index contributed by atoms with van der Waals surface area (Å²) >= 11 is 1.72. The van der Waals surface area contributed by atoms with Crippen LogP contribution in [0.15, 0.2) is 11.1 Å². The van der Waals surface area contributed by atoms with E-state index in [-0.39, 0.29) is 0 Å². The Kier molecular flexibility index (Phi) is 2.42. The van der Waals surface area contributed by atoms with Crippen LogP contribution >= 0.6 is 11.8 Å². The van der Waals surface area contributed by atoms with Crippen LogP contribution in [0.4, 0.5) is 0 Å². The molecular weight excluding hydrogens is 132 g/mol. The number of nitrogens with two attached hydrogens (primary N) is 1. The maximum absolute atomic E-state index is 5.54. The summed E-state index contributed by atoms with van der Waals surface area (Å²) in [6.45, 7) is 3.13. The Hall–Kier alpha value is -0.150. The molecule has 1 aliphatic rings. The highest BCUT2D eigenvalue weighted by Gasteiger charge is 2.11. The van der Waals surface area contributed by atoms with Gasteiger partial charge in [-0.05, 0) is 12.6 Å². The molecule has 1 atom stereocenters. The molecule has 0 radical (unpaired) electrons. The molecule has 0 aromatic carbocycles. The average Bonchev–Trinajstić information content (AvgIpc) is 2.17. The number of nitrogens with one attached hydrogen (secondary N) is 1. The molecule has 3 heteroatoms. The largest absolute Gasteiger partial charge is 0.394 e. The lowest BCUT2D eigenvalue weighted by Crippen LogP contribution is -2.26. The van der Waals surface area contributed by atoms with Gasteiger partial charge >= 0.3 is 0 Å². The van der Waals surface area contributed by atoms with Gasteiger partial charge in [-0.15, -0.1) is 11.8 Å². The number of thioether (sulfide) groups is 1. The third-order valence-corrected chi connectivity index (χ3v) is 2.26. The first-order chi connectivity index (χ1) is 4.33. The smallest absolute Gasteiger partial charge is 0.0631 e. The summed E-state index contributed by atoms with van der Waals surface area (Å²) in [5.74, 6) is 1.10. The fourth-order valence-corrected chi connectivity index (χ4v) is 1.71. The van der Waals surface area contributed by atoms with Gasteiger partial charge in [-0.3, -0.25) is 0 Å². The molecule has 3 N–H and O–H groups in total. The Balaban J connectivity index is 2.29. The van der Waals surface area contributed by atoms with Gasteiger partial charge in [0, 0.05) is 11.8 Å². The Bertz CT molecular complexity index is 122. The van der Waals surface area contributed by atoms with Crippen molar-refractivity contribution >= 4 is 11.8 Å². The normalized spacial score (nSPS) is 26.3. The number of hydrogen-bond acceptors (Lipinski definition) is 3. The number of likely N-dealkylation sites (N-methyl/N-ethyl adjacent to an activating group) is 1. The van der Waals surface area contributed by atoms with E-state index in [9.17, 15) is 0 Å². The monoisotopic (exact) mass is 144 g/mol. The Morgan fingerprint density at radius 2 is 2.78 bits per heavy atom. The lowest BCUT2D eigenvalue weighted by Gasteiger charge is -2.04. The fourth-order valence-electron chi connectivity index (χ4n) is 0.861. The Labute approximate surface area is 59.9 Å². The van der Waals surface area contributed by atoms with E-state index >= 15 is 0 Å². The van der Waals surface area contributed by atoms with Crippen LogP contribution < -0.4 is 11.1 Å². The highest BCUT2D eigenvalue weighted by Crippen LogP contribution is 2.19. The summed E-state index contributed by atoms with van der Waals surface area (Å²) in [7, 11) is 0. The van der Waals surface area contributed by atoms with Crippen LogP contribution in [-0.4, -0.2) is 18.3 Å². The molecule has 9 heavy (non-hydrogen) atoms. The molecule has 1 aliphatic heterocycles. The SMILES string of the molecule is CCNC1C=C(N)SC1. The van der Waals surface area contributed by atoms with Gasteiger partial charge in [0.1, 0.15) is 0 Å². The number of hydrogen-bond donors (Lipinski definition) is 2. The Morgan fingerprint density at radius 3 is 3.22 bits per heavy atom. The van der Waals surface area contributed by atoms with Crippen molar-refractivity contribution in [3.8, 4) is 0 Å².